The highest BCUT2D eigenvalue weighted by molar-refractivity contribution is 5.93. The Morgan fingerprint density at radius 2 is 1.88 bits per heavy atom. The largest absolute Gasteiger partial charge is 0.481 e. The molecule has 0 radical (unpaired) electrons. The number of amides is 1. The molecular weight excluding hydrogens is 426 g/mol. The number of carbonyl (C=O) groups excluding carboxylic acids is 1. The van der Waals surface area contributed by atoms with Crippen LogP contribution in [-0.4, -0.2) is 46.1 Å². The van der Waals surface area contributed by atoms with Crippen LogP contribution >= 0.6 is 0 Å². The maximum Gasteiger partial charge on any atom is 0.340 e. The summed E-state index contributed by atoms with van der Waals surface area (Å²) in [6.07, 6.45) is 1.36. The number of aliphatic carboxylic acids is 1. The number of hydrogen-bond donors (Lipinski definition) is 3. The molecule has 10 heteroatoms. The number of nitrogens with one attached hydrogen (secondary N) is 2. The van der Waals surface area contributed by atoms with Crippen molar-refractivity contribution in [3.05, 3.63) is 51.6 Å². The fourth-order valence-corrected chi connectivity index (χ4v) is 3.12. The minimum absolute atomic E-state index is 0.00359. The van der Waals surface area contributed by atoms with E-state index in [1.165, 1.54) is 4.68 Å². The highest BCUT2D eigenvalue weighted by atomic mass is 16.4. The number of anilines is 1. The average Bonchev–Trinajstić information content (AvgIpc) is 3.18. The van der Waals surface area contributed by atoms with Gasteiger partial charge in [-0.15, -0.1) is 5.10 Å². The van der Waals surface area contributed by atoms with Crippen LogP contribution in [0.25, 0.3) is 11.0 Å². The molecule has 2 heterocycles. The Labute approximate surface area is 192 Å². The first-order valence-corrected chi connectivity index (χ1v) is 10.6. The topological polar surface area (TPSA) is 139 Å². The molecule has 0 saturated heterocycles. The summed E-state index contributed by atoms with van der Waals surface area (Å²) in [5.41, 5.74) is 1.54. The molecule has 0 bridgehead atoms. The minimum Gasteiger partial charge on any atom is -0.481 e. The molecule has 178 valence electrons. The van der Waals surface area contributed by atoms with Crippen molar-refractivity contribution in [1.29, 1.82) is 0 Å². The van der Waals surface area contributed by atoms with Gasteiger partial charge >= 0.3 is 11.6 Å². The summed E-state index contributed by atoms with van der Waals surface area (Å²) in [6.45, 7) is 7.93. The molecule has 1 unspecified atom stereocenters. The van der Waals surface area contributed by atoms with Crippen LogP contribution in [0.2, 0.25) is 0 Å². The fourth-order valence-electron chi connectivity index (χ4n) is 3.12. The highest BCUT2D eigenvalue weighted by Crippen LogP contribution is 2.24. The Morgan fingerprint density at radius 1 is 1.21 bits per heavy atom. The van der Waals surface area contributed by atoms with E-state index >= 15 is 0 Å². The Morgan fingerprint density at radius 3 is 2.48 bits per heavy atom. The van der Waals surface area contributed by atoms with Crippen LogP contribution in [0.3, 0.4) is 0 Å². The SMILES string of the molecule is CNC.Cc1c(CC(=O)O)c(=O)oc2cc(NC(=O)Cn3cc(C(C)C(C)C)nn3)ccc12. The number of hydrogen-bond acceptors (Lipinski definition) is 7. The van der Waals surface area contributed by atoms with Gasteiger partial charge in [0.1, 0.15) is 12.1 Å². The number of carboxylic acids is 1. The number of aromatic nitrogens is 3. The third-order valence-electron chi connectivity index (χ3n) is 5.23. The molecule has 3 rings (SSSR count). The number of aryl methyl sites for hydroxylation is 1. The van der Waals surface area contributed by atoms with E-state index in [1.54, 1.807) is 31.3 Å². The summed E-state index contributed by atoms with van der Waals surface area (Å²) >= 11 is 0. The molecular formula is C23H31N5O5. The third-order valence-corrected chi connectivity index (χ3v) is 5.23. The van der Waals surface area contributed by atoms with Gasteiger partial charge in [0.2, 0.25) is 5.91 Å². The smallest absolute Gasteiger partial charge is 0.340 e. The van der Waals surface area contributed by atoms with E-state index in [0.717, 1.165) is 5.69 Å². The summed E-state index contributed by atoms with van der Waals surface area (Å²) in [5.74, 6) is -0.757. The van der Waals surface area contributed by atoms with E-state index in [2.05, 4.69) is 41.7 Å². The maximum absolute atomic E-state index is 12.4. The number of carboxylic acid groups (broad SMARTS) is 1. The zero-order valence-corrected chi connectivity index (χ0v) is 19.8. The molecule has 0 aliphatic heterocycles. The van der Waals surface area contributed by atoms with Gasteiger partial charge in [-0.2, -0.15) is 0 Å². The second kappa shape index (κ2) is 11.4. The summed E-state index contributed by atoms with van der Waals surface area (Å²) in [4.78, 5) is 35.5. The quantitative estimate of drug-likeness (QED) is 0.460. The summed E-state index contributed by atoms with van der Waals surface area (Å²) in [6, 6.07) is 4.90. The molecule has 3 N–H and O–H groups in total. The average molecular weight is 458 g/mol. The standard InChI is InChI=1S/C21H24N4O5.C2H7N/c1-11(2)12(3)17-9-25(24-23-17)10-19(26)22-14-5-6-15-13(4)16(8-20(27)28)21(29)30-18(15)7-14;1-3-2/h5-7,9,11-12H,8,10H2,1-4H3,(H,22,26)(H,27,28);3H,1-2H3. The number of fused-ring (bicyclic) bond motifs is 1. The van der Waals surface area contributed by atoms with Gasteiger partial charge in [0.25, 0.3) is 0 Å². The van der Waals surface area contributed by atoms with Gasteiger partial charge in [-0.05, 0) is 44.6 Å². The normalized spacial score (nSPS) is 11.7. The monoisotopic (exact) mass is 457 g/mol. The molecule has 0 saturated carbocycles. The zero-order chi connectivity index (χ0) is 24.7. The molecule has 1 amide bonds. The van der Waals surface area contributed by atoms with Crippen LogP contribution in [0.4, 0.5) is 5.69 Å². The van der Waals surface area contributed by atoms with E-state index in [9.17, 15) is 14.4 Å². The lowest BCUT2D eigenvalue weighted by molar-refractivity contribution is -0.136. The van der Waals surface area contributed by atoms with Crippen molar-refractivity contribution in [2.45, 2.75) is 46.6 Å². The molecule has 1 atom stereocenters. The minimum atomic E-state index is -1.10. The first-order chi connectivity index (χ1) is 15.6. The lowest BCUT2D eigenvalue weighted by Gasteiger charge is -2.11. The van der Waals surface area contributed by atoms with Crippen LogP contribution in [-0.2, 0) is 22.6 Å². The molecule has 0 spiro atoms. The predicted octanol–water partition coefficient (Wildman–Crippen LogP) is 2.55. The van der Waals surface area contributed by atoms with Crippen LogP contribution in [0.15, 0.2) is 33.6 Å². The number of benzene rings is 1. The molecule has 10 nitrogen and oxygen atoms in total. The third kappa shape index (κ3) is 6.72. The van der Waals surface area contributed by atoms with Gasteiger partial charge in [-0.25, -0.2) is 9.48 Å². The van der Waals surface area contributed by atoms with E-state index < -0.39 is 18.0 Å². The number of nitrogens with zero attached hydrogens (tertiary/aromatic N) is 3. The zero-order valence-electron chi connectivity index (χ0n) is 19.8. The Hall–Kier alpha value is -3.53. The number of rotatable bonds is 7. The fraction of sp³-hybridized carbons (Fsp3) is 0.435. The molecule has 3 aromatic rings. The lowest BCUT2D eigenvalue weighted by atomic mass is 9.95. The predicted molar refractivity (Wildman–Crippen MR) is 125 cm³/mol. The van der Waals surface area contributed by atoms with E-state index in [4.69, 9.17) is 9.52 Å². The van der Waals surface area contributed by atoms with Crippen molar-refractivity contribution < 1.29 is 19.1 Å². The summed E-state index contributed by atoms with van der Waals surface area (Å²) in [5, 5.41) is 23.2. The van der Waals surface area contributed by atoms with E-state index in [-0.39, 0.29) is 29.5 Å². The molecule has 0 fully saturated rings. The Kier molecular flexibility index (Phi) is 8.86. The van der Waals surface area contributed by atoms with Gasteiger partial charge in [0.05, 0.1) is 17.7 Å². The van der Waals surface area contributed by atoms with Crippen LogP contribution in [0.5, 0.6) is 0 Å². The molecule has 1 aromatic carbocycles. The van der Waals surface area contributed by atoms with Gasteiger partial charge in [0.15, 0.2) is 0 Å². The van der Waals surface area contributed by atoms with Crippen molar-refractivity contribution in [3.63, 3.8) is 0 Å². The Bertz CT molecular complexity index is 1180. The first-order valence-electron chi connectivity index (χ1n) is 10.6. The molecule has 2 aromatic heterocycles. The summed E-state index contributed by atoms with van der Waals surface area (Å²) < 4.78 is 6.75. The van der Waals surface area contributed by atoms with Crippen molar-refractivity contribution >= 4 is 28.5 Å². The maximum atomic E-state index is 12.4. The van der Waals surface area contributed by atoms with Crippen LogP contribution < -0.4 is 16.3 Å². The van der Waals surface area contributed by atoms with Crippen molar-refractivity contribution in [1.82, 2.24) is 20.3 Å². The molecule has 0 aliphatic carbocycles. The van der Waals surface area contributed by atoms with Gasteiger partial charge < -0.3 is 20.2 Å². The molecule has 0 aliphatic rings. The van der Waals surface area contributed by atoms with E-state index in [1.807, 2.05) is 14.1 Å². The van der Waals surface area contributed by atoms with Crippen LogP contribution in [0.1, 0.15) is 43.5 Å². The second-order valence-corrected chi connectivity index (χ2v) is 8.20. The van der Waals surface area contributed by atoms with Gasteiger partial charge in [0, 0.05) is 29.3 Å². The first kappa shape index (κ1) is 25.7. The molecule has 33 heavy (non-hydrogen) atoms. The summed E-state index contributed by atoms with van der Waals surface area (Å²) in [7, 11) is 3.75. The lowest BCUT2D eigenvalue weighted by Crippen LogP contribution is -2.19. The van der Waals surface area contributed by atoms with E-state index in [0.29, 0.717) is 22.6 Å². The highest BCUT2D eigenvalue weighted by Gasteiger charge is 2.16. The van der Waals surface area contributed by atoms with Gasteiger partial charge in [-0.3, -0.25) is 9.59 Å². The van der Waals surface area contributed by atoms with Gasteiger partial charge in [-0.1, -0.05) is 26.0 Å². The Balaban J connectivity index is 0.00000122. The van der Waals surface area contributed by atoms with Crippen molar-refractivity contribution in [3.8, 4) is 0 Å². The second-order valence-electron chi connectivity index (χ2n) is 8.20. The van der Waals surface area contributed by atoms with Crippen LogP contribution in [0, 0.1) is 12.8 Å². The van der Waals surface area contributed by atoms with Crippen molar-refractivity contribution in [2.24, 2.45) is 5.92 Å². The number of carbonyl (C=O) groups is 2. The van der Waals surface area contributed by atoms with Crippen molar-refractivity contribution in [2.75, 3.05) is 19.4 Å².